The van der Waals surface area contributed by atoms with Crippen molar-refractivity contribution in [1.82, 2.24) is 5.32 Å². The highest BCUT2D eigenvalue weighted by molar-refractivity contribution is 5.27. The molecule has 0 saturated carbocycles. The van der Waals surface area contributed by atoms with Crippen molar-refractivity contribution >= 4 is 0 Å². The Hall–Kier alpha value is -1.02. The third-order valence-corrected chi connectivity index (χ3v) is 1.74. The van der Waals surface area contributed by atoms with E-state index in [9.17, 15) is 5.11 Å². The van der Waals surface area contributed by atoms with Crippen molar-refractivity contribution < 1.29 is 5.11 Å². The number of nitrogens with one attached hydrogen (secondary N) is 1. The minimum absolute atomic E-state index is 0.299. The smallest absolute Gasteiger partial charge is 0.0709 e. The molecule has 0 amide bonds. The molecule has 0 fully saturated rings. The van der Waals surface area contributed by atoms with Crippen molar-refractivity contribution in [2.75, 3.05) is 6.54 Å². The van der Waals surface area contributed by atoms with Crippen LogP contribution in [-0.2, 0) is 0 Å². The quantitative estimate of drug-likeness (QED) is 0.688. The zero-order chi connectivity index (χ0) is 14.3. The third-order valence-electron chi connectivity index (χ3n) is 1.74. The Morgan fingerprint density at radius 2 is 1.76 bits per heavy atom. The van der Waals surface area contributed by atoms with Crippen LogP contribution in [0.3, 0.4) is 0 Å². The van der Waals surface area contributed by atoms with Gasteiger partial charge in [0.1, 0.15) is 0 Å². The lowest BCUT2D eigenvalue weighted by atomic mass is 10.2. The van der Waals surface area contributed by atoms with E-state index in [1.165, 1.54) is 0 Å². The second kappa shape index (κ2) is 17.4. The van der Waals surface area contributed by atoms with Crippen LogP contribution in [0.4, 0.5) is 0 Å². The van der Waals surface area contributed by atoms with E-state index >= 15 is 0 Å². The van der Waals surface area contributed by atoms with E-state index in [-0.39, 0.29) is 6.10 Å². The number of aliphatic hydroxyl groups excluding tert-OH is 1. The molecule has 2 N–H and O–H groups in total. The van der Waals surface area contributed by atoms with Crippen molar-refractivity contribution in [2.24, 2.45) is 0 Å². The van der Waals surface area contributed by atoms with Crippen LogP contribution < -0.4 is 5.32 Å². The predicted octanol–water partition coefficient (Wildman–Crippen LogP) is 4.05. The van der Waals surface area contributed by atoms with Gasteiger partial charge in [-0.1, -0.05) is 53.9 Å². The first-order valence-electron chi connectivity index (χ1n) is 6.52. The molecule has 0 rings (SSSR count). The average molecular weight is 241 g/mol. The molecule has 0 radical (unpaired) electrons. The van der Waals surface area contributed by atoms with E-state index in [1.54, 1.807) is 6.08 Å². The maximum Gasteiger partial charge on any atom is 0.0709 e. The Kier molecular flexibility index (Phi) is 21.8. The summed E-state index contributed by atoms with van der Waals surface area (Å²) in [6.07, 6.45) is 4.01. The Labute approximate surface area is 108 Å². The van der Waals surface area contributed by atoms with Crippen molar-refractivity contribution in [1.29, 1.82) is 0 Å². The van der Waals surface area contributed by atoms with Gasteiger partial charge in [0.25, 0.3) is 0 Å². The lowest BCUT2D eigenvalue weighted by molar-refractivity contribution is 0.171. The second-order valence-electron chi connectivity index (χ2n) is 3.04. The molecule has 0 aliphatic heterocycles. The zero-order valence-electron chi connectivity index (χ0n) is 12.5. The number of allylic oxidation sites excluding steroid dienone is 3. The van der Waals surface area contributed by atoms with E-state index in [2.05, 4.69) is 18.5 Å². The van der Waals surface area contributed by atoms with Crippen LogP contribution in [0.15, 0.2) is 36.6 Å². The average Bonchev–Trinajstić information content (AvgIpc) is 2.38. The summed E-state index contributed by atoms with van der Waals surface area (Å²) in [5, 5.41) is 12.4. The number of aliphatic hydroxyl groups is 1. The van der Waals surface area contributed by atoms with Gasteiger partial charge in [-0.2, -0.15) is 0 Å². The highest BCUT2D eigenvalue weighted by atomic mass is 16.3. The topological polar surface area (TPSA) is 32.3 Å². The summed E-state index contributed by atoms with van der Waals surface area (Å²) in [5.41, 5.74) is 1.88. The summed E-state index contributed by atoms with van der Waals surface area (Å²) in [5.74, 6) is 0. The van der Waals surface area contributed by atoms with Crippen LogP contribution in [0.2, 0.25) is 0 Å². The van der Waals surface area contributed by atoms with Gasteiger partial charge in [-0.3, -0.25) is 0 Å². The molecule has 0 aliphatic carbocycles. The maximum atomic E-state index is 9.31. The van der Waals surface area contributed by atoms with Gasteiger partial charge in [0, 0.05) is 12.2 Å². The van der Waals surface area contributed by atoms with Crippen LogP contribution in [-0.4, -0.2) is 17.8 Å². The molecule has 0 aromatic carbocycles. The molecule has 0 aliphatic rings. The lowest BCUT2D eigenvalue weighted by Crippen LogP contribution is -2.25. The fourth-order valence-electron chi connectivity index (χ4n) is 0.842. The summed E-state index contributed by atoms with van der Waals surface area (Å²) in [4.78, 5) is 0. The molecule has 0 heterocycles. The third kappa shape index (κ3) is 15.0. The van der Waals surface area contributed by atoms with Crippen LogP contribution in [0.1, 0.15) is 48.0 Å². The number of rotatable bonds is 6. The molecule has 0 saturated heterocycles. The van der Waals surface area contributed by atoms with Gasteiger partial charge in [-0.05, 0) is 25.0 Å². The number of hydrogen-bond donors (Lipinski definition) is 2. The highest BCUT2D eigenvalue weighted by Gasteiger charge is 2.01. The van der Waals surface area contributed by atoms with E-state index in [4.69, 9.17) is 0 Å². The molecule has 102 valence electrons. The van der Waals surface area contributed by atoms with Gasteiger partial charge < -0.3 is 10.4 Å². The molecule has 17 heavy (non-hydrogen) atoms. The first kappa shape index (κ1) is 21.3. The van der Waals surface area contributed by atoms with Crippen molar-refractivity contribution in [3.8, 4) is 0 Å². The van der Waals surface area contributed by atoms with Crippen LogP contribution in [0, 0.1) is 0 Å². The summed E-state index contributed by atoms with van der Waals surface area (Å²) < 4.78 is 0. The molecule has 2 nitrogen and oxygen atoms in total. The molecular formula is C15H31NO. The molecule has 0 aromatic heterocycles. The summed E-state index contributed by atoms with van der Waals surface area (Å²) in [6.45, 7) is 19.9. The van der Waals surface area contributed by atoms with Gasteiger partial charge in [0.05, 0.1) is 6.10 Å². The zero-order valence-corrected chi connectivity index (χ0v) is 12.5. The van der Waals surface area contributed by atoms with Gasteiger partial charge in [-0.15, -0.1) is 0 Å². The first-order valence-corrected chi connectivity index (χ1v) is 6.52. The van der Waals surface area contributed by atoms with E-state index in [1.807, 2.05) is 47.6 Å². The summed E-state index contributed by atoms with van der Waals surface area (Å²) in [7, 11) is 0. The monoisotopic (exact) mass is 241 g/mol. The Bertz CT molecular complexity index is 207. The first-order chi connectivity index (χ1) is 8.11. The molecular weight excluding hydrogens is 210 g/mol. The molecule has 0 bridgehead atoms. The fraction of sp³-hybridized carbons (Fsp3) is 0.600. The van der Waals surface area contributed by atoms with Gasteiger partial charge in [-0.25, -0.2) is 0 Å². The fourth-order valence-corrected chi connectivity index (χ4v) is 0.842. The molecule has 1 atom stereocenters. The Morgan fingerprint density at radius 3 is 2.06 bits per heavy atom. The standard InChI is InChI=1S/C11H19NO.2C2H6/c1-5-7-11(9(3)4)12-8-10(13)6-2;2*1-2/h5,7,10,12-13H,1,3,6,8H2,2,4H3;2*1-2H3/b11-7+;;. The normalized spacial score (nSPS) is 11.1. The van der Waals surface area contributed by atoms with Gasteiger partial charge in [0.15, 0.2) is 0 Å². The highest BCUT2D eigenvalue weighted by Crippen LogP contribution is 2.02. The van der Waals surface area contributed by atoms with Gasteiger partial charge >= 0.3 is 0 Å². The second-order valence-corrected chi connectivity index (χ2v) is 3.04. The van der Waals surface area contributed by atoms with E-state index in [0.717, 1.165) is 17.7 Å². The van der Waals surface area contributed by atoms with Crippen LogP contribution in [0.25, 0.3) is 0 Å². The SMILES string of the molecule is C=C/C=C(/NCC(O)CC)C(=C)C.CC.CC. The maximum absolute atomic E-state index is 9.31. The Morgan fingerprint density at radius 1 is 1.29 bits per heavy atom. The molecule has 0 aromatic rings. The van der Waals surface area contributed by atoms with Crippen molar-refractivity contribution in [3.05, 3.63) is 36.6 Å². The minimum Gasteiger partial charge on any atom is -0.391 e. The molecule has 0 spiro atoms. The van der Waals surface area contributed by atoms with Crippen LogP contribution in [0.5, 0.6) is 0 Å². The van der Waals surface area contributed by atoms with E-state index in [0.29, 0.717) is 6.54 Å². The number of hydrogen-bond acceptors (Lipinski definition) is 2. The Balaban J connectivity index is -0.000000439. The summed E-state index contributed by atoms with van der Waals surface area (Å²) in [6, 6.07) is 0. The minimum atomic E-state index is -0.299. The van der Waals surface area contributed by atoms with Crippen molar-refractivity contribution in [2.45, 2.75) is 54.1 Å². The van der Waals surface area contributed by atoms with Crippen LogP contribution >= 0.6 is 0 Å². The van der Waals surface area contributed by atoms with Gasteiger partial charge in [0.2, 0.25) is 0 Å². The predicted molar refractivity (Wildman–Crippen MR) is 80.1 cm³/mol. The largest absolute Gasteiger partial charge is 0.391 e. The summed E-state index contributed by atoms with van der Waals surface area (Å²) >= 11 is 0. The molecule has 1 unspecified atom stereocenters. The van der Waals surface area contributed by atoms with Crippen molar-refractivity contribution in [3.63, 3.8) is 0 Å². The van der Waals surface area contributed by atoms with E-state index < -0.39 is 0 Å². The molecule has 2 heteroatoms. The lowest BCUT2D eigenvalue weighted by Gasteiger charge is -2.13.